The molecule has 0 spiro atoms. The first-order valence-corrected chi connectivity index (χ1v) is 8.46. The zero-order valence-electron chi connectivity index (χ0n) is 15.3. The van der Waals surface area contributed by atoms with Crippen molar-refractivity contribution in [1.29, 1.82) is 0 Å². The maximum absolute atomic E-state index is 12.2. The smallest absolute Gasteiger partial charge is 0.226 e. The van der Waals surface area contributed by atoms with Crippen molar-refractivity contribution in [1.82, 2.24) is 0 Å². The predicted octanol–water partition coefficient (Wildman–Crippen LogP) is 4.11. The van der Waals surface area contributed by atoms with Gasteiger partial charge in [-0.3, -0.25) is 4.79 Å². The first-order valence-electron chi connectivity index (χ1n) is 8.08. The minimum Gasteiger partial charge on any atom is -0.497 e. The Bertz CT molecular complexity index is 780. The highest BCUT2D eigenvalue weighted by atomic mass is 35.5. The summed E-state index contributed by atoms with van der Waals surface area (Å²) < 4.78 is 15.7. The van der Waals surface area contributed by atoms with Crippen LogP contribution in [0.3, 0.4) is 0 Å². The number of hydrogen-bond donors (Lipinski definition) is 2. The number of rotatable bonds is 8. The Balaban J connectivity index is 1.97. The molecule has 7 heteroatoms. The fraction of sp³-hybridized carbons (Fsp3) is 0.316. The van der Waals surface area contributed by atoms with Gasteiger partial charge in [0.1, 0.15) is 17.2 Å². The van der Waals surface area contributed by atoms with E-state index in [1.54, 1.807) is 45.6 Å². The van der Waals surface area contributed by atoms with Crippen LogP contribution >= 0.6 is 11.6 Å². The second kappa shape index (κ2) is 9.20. The highest BCUT2D eigenvalue weighted by Gasteiger charge is 2.10. The highest BCUT2D eigenvalue weighted by Crippen LogP contribution is 2.31. The van der Waals surface area contributed by atoms with Crippen LogP contribution in [0.25, 0.3) is 0 Å². The number of halogens is 1. The van der Waals surface area contributed by atoms with E-state index in [1.165, 1.54) is 0 Å². The average Bonchev–Trinajstić information content (AvgIpc) is 2.64. The molecule has 0 aromatic heterocycles. The van der Waals surface area contributed by atoms with Gasteiger partial charge in [-0.05, 0) is 30.7 Å². The van der Waals surface area contributed by atoms with E-state index in [-0.39, 0.29) is 12.3 Å². The SMILES string of the molecule is COc1ccc(OC)c(NC(=O)CCNc2cc(C)c(Cl)cc2OC)c1. The number of nitrogens with one attached hydrogen (secondary N) is 2. The van der Waals surface area contributed by atoms with Gasteiger partial charge in [0, 0.05) is 30.1 Å². The molecule has 0 radical (unpaired) electrons. The minimum atomic E-state index is -0.145. The topological polar surface area (TPSA) is 68.8 Å². The number of ether oxygens (including phenoxy) is 3. The van der Waals surface area contributed by atoms with Crippen molar-refractivity contribution in [3.05, 3.63) is 40.9 Å². The van der Waals surface area contributed by atoms with E-state index < -0.39 is 0 Å². The number of anilines is 2. The molecular formula is C19H23ClN2O4. The average molecular weight is 379 g/mol. The summed E-state index contributed by atoms with van der Waals surface area (Å²) in [5.41, 5.74) is 2.29. The number of carbonyl (C=O) groups is 1. The minimum absolute atomic E-state index is 0.145. The fourth-order valence-corrected chi connectivity index (χ4v) is 2.56. The quantitative estimate of drug-likeness (QED) is 0.723. The van der Waals surface area contributed by atoms with Crippen LogP contribution in [0.1, 0.15) is 12.0 Å². The van der Waals surface area contributed by atoms with Gasteiger partial charge in [-0.1, -0.05) is 11.6 Å². The van der Waals surface area contributed by atoms with Gasteiger partial charge in [0.2, 0.25) is 5.91 Å². The van der Waals surface area contributed by atoms with Crippen LogP contribution in [-0.2, 0) is 4.79 Å². The van der Waals surface area contributed by atoms with Gasteiger partial charge in [-0.2, -0.15) is 0 Å². The van der Waals surface area contributed by atoms with Gasteiger partial charge >= 0.3 is 0 Å². The molecule has 0 saturated carbocycles. The fourth-order valence-electron chi connectivity index (χ4n) is 2.41. The second-order valence-corrected chi connectivity index (χ2v) is 6.00. The van der Waals surface area contributed by atoms with Crippen molar-refractivity contribution in [3.63, 3.8) is 0 Å². The van der Waals surface area contributed by atoms with Crippen LogP contribution in [0.15, 0.2) is 30.3 Å². The van der Waals surface area contributed by atoms with E-state index in [2.05, 4.69) is 10.6 Å². The largest absolute Gasteiger partial charge is 0.497 e. The van der Waals surface area contributed by atoms with Crippen LogP contribution in [-0.4, -0.2) is 33.8 Å². The van der Waals surface area contributed by atoms with E-state index in [0.29, 0.717) is 34.5 Å². The lowest BCUT2D eigenvalue weighted by molar-refractivity contribution is -0.116. The summed E-state index contributed by atoms with van der Waals surface area (Å²) in [4.78, 5) is 12.2. The Kier molecular flexibility index (Phi) is 6.97. The number of benzene rings is 2. The van der Waals surface area contributed by atoms with Gasteiger partial charge in [0.25, 0.3) is 0 Å². The Hall–Kier alpha value is -2.60. The van der Waals surface area contributed by atoms with Crippen molar-refractivity contribution in [2.45, 2.75) is 13.3 Å². The molecular weight excluding hydrogens is 356 g/mol. The molecule has 0 saturated heterocycles. The summed E-state index contributed by atoms with van der Waals surface area (Å²) in [6, 6.07) is 8.87. The van der Waals surface area contributed by atoms with Crippen molar-refractivity contribution >= 4 is 28.9 Å². The third kappa shape index (κ3) is 4.95. The standard InChI is InChI=1S/C19H23ClN2O4/c1-12-9-15(18(26-4)11-14(12)20)21-8-7-19(23)22-16-10-13(24-2)5-6-17(16)25-3/h5-6,9-11,21H,7-8H2,1-4H3,(H,22,23). The van der Waals surface area contributed by atoms with Gasteiger partial charge < -0.3 is 24.8 Å². The molecule has 2 N–H and O–H groups in total. The Morgan fingerprint density at radius 1 is 1.00 bits per heavy atom. The van der Waals surface area contributed by atoms with Crippen LogP contribution in [0.4, 0.5) is 11.4 Å². The van der Waals surface area contributed by atoms with E-state index >= 15 is 0 Å². The summed E-state index contributed by atoms with van der Waals surface area (Å²) in [6.45, 7) is 2.35. The summed E-state index contributed by atoms with van der Waals surface area (Å²) in [6.07, 6.45) is 0.269. The third-order valence-corrected chi connectivity index (χ3v) is 4.24. The third-order valence-electron chi connectivity index (χ3n) is 3.83. The molecule has 2 aromatic rings. The molecule has 26 heavy (non-hydrogen) atoms. The van der Waals surface area contributed by atoms with Crippen LogP contribution in [0.2, 0.25) is 5.02 Å². The van der Waals surface area contributed by atoms with Crippen molar-refractivity contribution in [3.8, 4) is 17.2 Å². The second-order valence-electron chi connectivity index (χ2n) is 5.59. The Morgan fingerprint density at radius 2 is 1.73 bits per heavy atom. The molecule has 0 aliphatic heterocycles. The number of aryl methyl sites for hydroxylation is 1. The maximum Gasteiger partial charge on any atom is 0.226 e. The molecule has 6 nitrogen and oxygen atoms in total. The molecule has 0 atom stereocenters. The van der Waals surface area contributed by atoms with Crippen molar-refractivity contribution in [2.24, 2.45) is 0 Å². The first-order chi connectivity index (χ1) is 12.5. The molecule has 0 aliphatic carbocycles. The number of methoxy groups -OCH3 is 3. The number of hydrogen-bond acceptors (Lipinski definition) is 5. The summed E-state index contributed by atoms with van der Waals surface area (Å²) in [5, 5.41) is 6.67. The Labute approximate surface area is 158 Å². The normalized spacial score (nSPS) is 10.2. The van der Waals surface area contributed by atoms with Gasteiger partial charge in [-0.25, -0.2) is 0 Å². The summed E-state index contributed by atoms with van der Waals surface area (Å²) in [5.74, 6) is 1.70. The molecule has 0 bridgehead atoms. The highest BCUT2D eigenvalue weighted by molar-refractivity contribution is 6.31. The van der Waals surface area contributed by atoms with E-state index in [4.69, 9.17) is 25.8 Å². The molecule has 2 aromatic carbocycles. The maximum atomic E-state index is 12.2. The first kappa shape index (κ1) is 19.7. The zero-order chi connectivity index (χ0) is 19.1. The predicted molar refractivity (Wildman–Crippen MR) is 104 cm³/mol. The van der Waals surface area contributed by atoms with Crippen LogP contribution < -0.4 is 24.8 Å². The molecule has 0 fully saturated rings. The lowest BCUT2D eigenvalue weighted by Crippen LogP contribution is -2.17. The van der Waals surface area contributed by atoms with E-state index in [0.717, 1.165) is 11.3 Å². The Morgan fingerprint density at radius 3 is 2.38 bits per heavy atom. The molecule has 1 amide bonds. The number of carbonyl (C=O) groups excluding carboxylic acids is 1. The zero-order valence-corrected chi connectivity index (χ0v) is 16.1. The van der Waals surface area contributed by atoms with E-state index in [9.17, 15) is 4.79 Å². The summed E-state index contributed by atoms with van der Waals surface area (Å²) in [7, 11) is 4.70. The lowest BCUT2D eigenvalue weighted by atomic mass is 10.2. The number of amides is 1. The molecule has 140 valence electrons. The van der Waals surface area contributed by atoms with Crippen LogP contribution in [0.5, 0.6) is 17.2 Å². The summed E-state index contributed by atoms with van der Waals surface area (Å²) >= 11 is 6.10. The van der Waals surface area contributed by atoms with Gasteiger partial charge in [-0.15, -0.1) is 0 Å². The lowest BCUT2D eigenvalue weighted by Gasteiger charge is -2.14. The molecule has 0 aliphatic rings. The molecule has 0 heterocycles. The van der Waals surface area contributed by atoms with Crippen molar-refractivity contribution in [2.75, 3.05) is 38.5 Å². The monoisotopic (exact) mass is 378 g/mol. The van der Waals surface area contributed by atoms with E-state index in [1.807, 2.05) is 13.0 Å². The van der Waals surface area contributed by atoms with Gasteiger partial charge in [0.15, 0.2) is 0 Å². The van der Waals surface area contributed by atoms with Crippen LogP contribution in [0, 0.1) is 6.92 Å². The van der Waals surface area contributed by atoms with Crippen molar-refractivity contribution < 1.29 is 19.0 Å². The molecule has 2 rings (SSSR count). The van der Waals surface area contributed by atoms with Gasteiger partial charge in [0.05, 0.1) is 32.7 Å². The molecule has 0 unspecified atom stereocenters.